The van der Waals surface area contributed by atoms with Crippen LogP contribution in [0, 0.1) is 0 Å². The minimum Gasteiger partial charge on any atom is -0.464 e. The van der Waals surface area contributed by atoms with Gasteiger partial charge in [-0.1, -0.05) is 18.2 Å². The van der Waals surface area contributed by atoms with E-state index in [2.05, 4.69) is 0 Å². The maximum absolute atomic E-state index is 11.4. The van der Waals surface area contributed by atoms with Crippen LogP contribution in [0.15, 0.2) is 34.9 Å². The molecule has 0 bridgehead atoms. The van der Waals surface area contributed by atoms with Crippen LogP contribution in [0.2, 0.25) is 0 Å². The van der Waals surface area contributed by atoms with Gasteiger partial charge in [0.2, 0.25) is 5.91 Å². The van der Waals surface area contributed by atoms with Crippen LogP contribution in [0.5, 0.6) is 0 Å². The van der Waals surface area contributed by atoms with E-state index in [4.69, 9.17) is 15.1 Å². The Hall–Kier alpha value is -1.53. The Bertz CT molecular complexity index is 736. The first-order valence-electron chi connectivity index (χ1n) is 5.21. The van der Waals surface area contributed by atoms with E-state index in [-0.39, 0.29) is 6.42 Å². The van der Waals surface area contributed by atoms with Crippen LogP contribution in [0.3, 0.4) is 0 Å². The van der Waals surface area contributed by atoms with Crippen molar-refractivity contribution in [2.75, 3.05) is 0 Å². The van der Waals surface area contributed by atoms with Gasteiger partial charge >= 0.3 is 9.24 Å². The third-order valence-electron chi connectivity index (χ3n) is 3.00. The third-order valence-corrected chi connectivity index (χ3v) is 4.38. The summed E-state index contributed by atoms with van der Waals surface area (Å²) in [5.74, 6) is -0.500. The minimum atomic E-state index is -4.04. The lowest BCUT2D eigenvalue weighted by Gasteiger charge is -2.36. The number of halogens is 1. The number of hydrogen-bond donors (Lipinski definition) is 0. The predicted molar refractivity (Wildman–Crippen MR) is 65.2 cm³/mol. The van der Waals surface area contributed by atoms with Crippen molar-refractivity contribution in [2.45, 2.75) is 12.5 Å². The summed E-state index contributed by atoms with van der Waals surface area (Å²) < 4.78 is 28.6. The largest absolute Gasteiger partial charge is 0.464 e. The lowest BCUT2D eigenvalue weighted by atomic mass is 9.97. The maximum atomic E-state index is 11.4. The number of hydrogen-bond acceptors (Lipinski definition) is 4. The Morgan fingerprint density at radius 1 is 1.33 bits per heavy atom. The van der Waals surface area contributed by atoms with Crippen molar-refractivity contribution in [3.8, 4) is 0 Å². The van der Waals surface area contributed by atoms with Gasteiger partial charge in [-0.15, -0.1) is 0 Å². The fourth-order valence-electron chi connectivity index (χ4n) is 2.17. The molecule has 1 amide bonds. The van der Waals surface area contributed by atoms with Crippen molar-refractivity contribution in [2.24, 2.45) is 0 Å². The van der Waals surface area contributed by atoms with E-state index in [1.54, 1.807) is 6.07 Å². The van der Waals surface area contributed by atoms with Crippen LogP contribution in [0.1, 0.15) is 18.0 Å². The van der Waals surface area contributed by atoms with E-state index < -0.39 is 21.2 Å². The van der Waals surface area contributed by atoms with E-state index in [1.165, 1.54) is 6.26 Å². The number of fused-ring (bicyclic) bond motifs is 1. The van der Waals surface area contributed by atoms with E-state index in [9.17, 15) is 13.2 Å². The number of carbonyl (C=O) groups excluding carboxylic acids is 1. The minimum absolute atomic E-state index is 0.121. The molecule has 0 spiro atoms. The molecule has 1 aromatic heterocycles. The van der Waals surface area contributed by atoms with Crippen LogP contribution < -0.4 is 0 Å². The standard InChI is InChI=1S/C11H8ClNO4S/c12-18(15,16)13-9(5-11(13)14)8-6-17-10-4-2-1-3-7(8)10/h1-4,6,9H,5H2. The molecule has 94 valence electrons. The second kappa shape index (κ2) is 3.73. The third kappa shape index (κ3) is 1.60. The zero-order valence-corrected chi connectivity index (χ0v) is 10.6. The van der Waals surface area contributed by atoms with E-state index >= 15 is 0 Å². The molecule has 5 nitrogen and oxygen atoms in total. The van der Waals surface area contributed by atoms with Crippen molar-refractivity contribution in [3.05, 3.63) is 36.1 Å². The van der Waals surface area contributed by atoms with Gasteiger partial charge in [-0.3, -0.25) is 4.79 Å². The van der Waals surface area contributed by atoms with E-state index in [1.807, 2.05) is 18.2 Å². The molecule has 0 aliphatic carbocycles. The molecule has 2 heterocycles. The molecule has 1 aliphatic heterocycles. The molecule has 1 saturated heterocycles. The number of rotatable bonds is 2. The van der Waals surface area contributed by atoms with E-state index in [0.29, 0.717) is 15.5 Å². The monoisotopic (exact) mass is 285 g/mol. The molecule has 0 saturated carbocycles. The maximum Gasteiger partial charge on any atom is 0.324 e. The van der Waals surface area contributed by atoms with Crippen molar-refractivity contribution >= 4 is 36.8 Å². The highest BCUT2D eigenvalue weighted by Gasteiger charge is 2.45. The predicted octanol–water partition coefficient (Wildman–Crippen LogP) is 2.19. The van der Waals surface area contributed by atoms with Crippen LogP contribution in [0.25, 0.3) is 11.0 Å². The first-order valence-corrected chi connectivity index (χ1v) is 7.48. The Balaban J connectivity index is 2.09. The Morgan fingerprint density at radius 2 is 2.06 bits per heavy atom. The quantitative estimate of drug-likeness (QED) is 0.626. The lowest BCUT2D eigenvalue weighted by molar-refractivity contribution is -0.137. The van der Waals surface area contributed by atoms with Gasteiger partial charge in [0.15, 0.2) is 0 Å². The number of benzene rings is 1. The fourth-order valence-corrected chi connectivity index (χ4v) is 3.50. The van der Waals surface area contributed by atoms with E-state index in [0.717, 1.165) is 5.39 Å². The van der Waals surface area contributed by atoms with Crippen molar-refractivity contribution in [1.82, 2.24) is 4.31 Å². The van der Waals surface area contributed by atoms with Crippen molar-refractivity contribution in [1.29, 1.82) is 0 Å². The SMILES string of the molecule is O=C1CC(c2coc3ccccc23)N1S(=O)(=O)Cl. The summed E-state index contributed by atoms with van der Waals surface area (Å²) in [7, 11) is 1.19. The molecule has 0 radical (unpaired) electrons. The van der Waals surface area contributed by atoms with Crippen LogP contribution >= 0.6 is 10.7 Å². The van der Waals surface area contributed by atoms with Gasteiger partial charge in [0, 0.05) is 21.6 Å². The highest BCUT2D eigenvalue weighted by molar-refractivity contribution is 8.12. The average molecular weight is 286 g/mol. The molecule has 2 aromatic rings. The van der Waals surface area contributed by atoms with Gasteiger partial charge in [-0.25, -0.2) is 4.31 Å². The zero-order valence-electron chi connectivity index (χ0n) is 9.04. The van der Waals surface area contributed by atoms with Gasteiger partial charge in [0.1, 0.15) is 5.58 Å². The highest BCUT2D eigenvalue weighted by Crippen LogP contribution is 2.41. The fraction of sp³-hybridized carbons (Fsp3) is 0.182. The summed E-state index contributed by atoms with van der Waals surface area (Å²) >= 11 is 0. The second-order valence-electron chi connectivity index (χ2n) is 4.04. The summed E-state index contributed by atoms with van der Waals surface area (Å²) in [4.78, 5) is 11.4. The van der Waals surface area contributed by atoms with Gasteiger partial charge in [-0.2, -0.15) is 8.42 Å². The zero-order chi connectivity index (χ0) is 12.9. The highest BCUT2D eigenvalue weighted by atomic mass is 35.7. The summed E-state index contributed by atoms with van der Waals surface area (Å²) in [6.45, 7) is 0. The smallest absolute Gasteiger partial charge is 0.324 e. The summed E-state index contributed by atoms with van der Waals surface area (Å²) in [5.41, 5.74) is 1.31. The molecule has 1 fully saturated rings. The number of nitrogens with zero attached hydrogens (tertiary/aromatic N) is 1. The number of furan rings is 1. The van der Waals surface area contributed by atoms with Crippen LogP contribution in [-0.2, 0) is 14.0 Å². The summed E-state index contributed by atoms with van der Waals surface area (Å²) in [6.07, 6.45) is 1.59. The van der Waals surface area contributed by atoms with Gasteiger partial charge in [-0.05, 0) is 6.07 Å². The first kappa shape index (κ1) is 11.6. The normalized spacial score (nSPS) is 20.2. The molecule has 18 heavy (non-hydrogen) atoms. The number of β-lactam (4-membered cyclic amide) rings is 1. The average Bonchev–Trinajstić information content (AvgIpc) is 2.66. The van der Waals surface area contributed by atoms with Crippen molar-refractivity contribution < 1.29 is 17.6 Å². The molecule has 0 N–H and O–H groups in total. The summed E-state index contributed by atoms with van der Waals surface area (Å²) in [6, 6.07) is 6.66. The Kier molecular flexibility index (Phi) is 2.39. The molecule has 1 atom stereocenters. The molecule has 3 rings (SSSR count). The summed E-state index contributed by atoms with van der Waals surface area (Å²) in [5, 5.41) is 0.792. The molecular formula is C11H8ClNO4S. The van der Waals surface area contributed by atoms with Crippen LogP contribution in [-0.4, -0.2) is 18.6 Å². The number of para-hydroxylation sites is 1. The Labute approximate surface area is 107 Å². The number of carbonyl (C=O) groups is 1. The van der Waals surface area contributed by atoms with Gasteiger partial charge < -0.3 is 4.42 Å². The lowest BCUT2D eigenvalue weighted by Crippen LogP contribution is -2.47. The Morgan fingerprint density at radius 3 is 2.72 bits per heavy atom. The van der Waals surface area contributed by atoms with Crippen molar-refractivity contribution in [3.63, 3.8) is 0 Å². The molecular weight excluding hydrogens is 278 g/mol. The molecule has 1 aromatic carbocycles. The molecule has 1 unspecified atom stereocenters. The van der Waals surface area contributed by atoms with Gasteiger partial charge in [0.05, 0.1) is 18.7 Å². The first-order chi connectivity index (χ1) is 8.48. The van der Waals surface area contributed by atoms with Gasteiger partial charge in [0.25, 0.3) is 0 Å². The second-order valence-corrected chi connectivity index (χ2v) is 6.43. The van der Waals surface area contributed by atoms with Crippen LogP contribution in [0.4, 0.5) is 0 Å². The molecule has 1 aliphatic rings. The topological polar surface area (TPSA) is 67.6 Å². The molecule has 7 heteroatoms. The number of amides is 1.